The summed E-state index contributed by atoms with van der Waals surface area (Å²) in [5.74, 6) is 0. The standard InChI is InChI=1S/C6H14N2O3/c1-2-5(10)8-6(11)7-3-4-9/h5,9-10H,2-4H2,1H3,(H2,7,8,11). The number of amides is 2. The molecule has 0 aromatic rings. The fourth-order valence-electron chi connectivity index (χ4n) is 0.474. The van der Waals surface area contributed by atoms with E-state index in [0.29, 0.717) is 6.42 Å². The maximum Gasteiger partial charge on any atom is 0.316 e. The molecule has 0 saturated carbocycles. The third-order valence-corrected chi connectivity index (χ3v) is 1.08. The van der Waals surface area contributed by atoms with E-state index in [1.807, 2.05) is 0 Å². The smallest absolute Gasteiger partial charge is 0.316 e. The Hall–Kier alpha value is -0.810. The molecule has 5 heteroatoms. The Bertz CT molecular complexity index is 118. The van der Waals surface area contributed by atoms with Gasteiger partial charge in [-0.3, -0.25) is 0 Å². The zero-order valence-corrected chi connectivity index (χ0v) is 6.50. The number of nitrogens with one attached hydrogen (secondary N) is 2. The van der Waals surface area contributed by atoms with Crippen LogP contribution in [-0.4, -0.2) is 35.6 Å². The van der Waals surface area contributed by atoms with Gasteiger partial charge in [0.05, 0.1) is 6.61 Å². The van der Waals surface area contributed by atoms with Gasteiger partial charge in [0.2, 0.25) is 0 Å². The summed E-state index contributed by atoms with van der Waals surface area (Å²) in [6.07, 6.45) is -0.347. The number of hydrogen-bond donors (Lipinski definition) is 4. The molecule has 11 heavy (non-hydrogen) atoms. The van der Waals surface area contributed by atoms with Gasteiger partial charge in [-0.05, 0) is 6.42 Å². The van der Waals surface area contributed by atoms with Crippen molar-refractivity contribution in [3.63, 3.8) is 0 Å². The van der Waals surface area contributed by atoms with E-state index >= 15 is 0 Å². The SMILES string of the molecule is CCC(O)NC(=O)NCCO. The molecule has 66 valence electrons. The quantitative estimate of drug-likeness (QED) is 0.400. The molecule has 0 aromatic heterocycles. The molecule has 0 aliphatic rings. The molecule has 5 nitrogen and oxygen atoms in total. The second-order valence-corrected chi connectivity index (χ2v) is 2.05. The summed E-state index contributed by atoms with van der Waals surface area (Å²) in [5, 5.41) is 21.8. The van der Waals surface area contributed by atoms with Crippen LogP contribution in [-0.2, 0) is 0 Å². The van der Waals surface area contributed by atoms with Crippen LogP contribution in [0.1, 0.15) is 13.3 Å². The zero-order chi connectivity index (χ0) is 8.69. The molecule has 0 heterocycles. The third kappa shape index (κ3) is 5.63. The van der Waals surface area contributed by atoms with Gasteiger partial charge in [0, 0.05) is 6.54 Å². The van der Waals surface area contributed by atoms with Crippen molar-refractivity contribution in [1.29, 1.82) is 0 Å². The van der Waals surface area contributed by atoms with Crippen LogP contribution in [0.4, 0.5) is 4.79 Å². The Labute approximate surface area is 65.4 Å². The highest BCUT2D eigenvalue weighted by Gasteiger charge is 2.03. The van der Waals surface area contributed by atoms with E-state index in [4.69, 9.17) is 10.2 Å². The van der Waals surface area contributed by atoms with Crippen LogP contribution in [0.25, 0.3) is 0 Å². The van der Waals surface area contributed by atoms with Gasteiger partial charge in [0.25, 0.3) is 0 Å². The average Bonchev–Trinajstić information content (AvgIpc) is 2.00. The van der Waals surface area contributed by atoms with Gasteiger partial charge in [-0.25, -0.2) is 4.79 Å². The summed E-state index contributed by atoms with van der Waals surface area (Å²) < 4.78 is 0. The van der Waals surface area contributed by atoms with Gasteiger partial charge in [0.1, 0.15) is 6.23 Å². The van der Waals surface area contributed by atoms with Crippen LogP contribution in [0.15, 0.2) is 0 Å². The maximum absolute atomic E-state index is 10.7. The summed E-state index contributed by atoms with van der Waals surface area (Å²) in [5.41, 5.74) is 0. The van der Waals surface area contributed by atoms with E-state index in [9.17, 15) is 4.79 Å². The van der Waals surface area contributed by atoms with E-state index in [-0.39, 0.29) is 13.2 Å². The molecule has 1 unspecified atom stereocenters. The van der Waals surface area contributed by atoms with Crippen molar-refractivity contribution >= 4 is 6.03 Å². The van der Waals surface area contributed by atoms with Crippen LogP contribution >= 0.6 is 0 Å². The minimum atomic E-state index is -0.811. The van der Waals surface area contributed by atoms with Crippen molar-refractivity contribution in [2.75, 3.05) is 13.2 Å². The summed E-state index contributed by atoms with van der Waals surface area (Å²) in [4.78, 5) is 10.7. The number of rotatable bonds is 4. The molecule has 2 amide bonds. The van der Waals surface area contributed by atoms with E-state index in [1.54, 1.807) is 6.92 Å². The molecule has 0 aromatic carbocycles. The number of urea groups is 1. The van der Waals surface area contributed by atoms with E-state index < -0.39 is 12.3 Å². The lowest BCUT2D eigenvalue weighted by molar-refractivity contribution is 0.136. The molecule has 0 rings (SSSR count). The van der Waals surface area contributed by atoms with Gasteiger partial charge >= 0.3 is 6.03 Å². The molecular weight excluding hydrogens is 148 g/mol. The Morgan fingerprint density at radius 3 is 2.73 bits per heavy atom. The highest BCUT2D eigenvalue weighted by atomic mass is 16.3. The van der Waals surface area contributed by atoms with Crippen molar-refractivity contribution in [1.82, 2.24) is 10.6 Å². The van der Waals surface area contributed by atoms with Gasteiger partial charge in [-0.2, -0.15) is 0 Å². The summed E-state index contributed by atoms with van der Waals surface area (Å²) in [6, 6.07) is -0.464. The lowest BCUT2D eigenvalue weighted by atomic mass is 10.4. The van der Waals surface area contributed by atoms with Crippen molar-refractivity contribution in [3.05, 3.63) is 0 Å². The van der Waals surface area contributed by atoms with Crippen LogP contribution in [0.5, 0.6) is 0 Å². The van der Waals surface area contributed by atoms with Gasteiger partial charge in [0.15, 0.2) is 0 Å². The molecular formula is C6H14N2O3. The van der Waals surface area contributed by atoms with Crippen LogP contribution in [0.2, 0.25) is 0 Å². The number of hydrogen-bond acceptors (Lipinski definition) is 3. The maximum atomic E-state index is 10.7. The summed E-state index contributed by atoms with van der Waals surface area (Å²) in [6.45, 7) is 1.84. The molecule has 4 N–H and O–H groups in total. The minimum absolute atomic E-state index is 0.102. The molecule has 0 radical (unpaired) electrons. The highest BCUT2D eigenvalue weighted by molar-refractivity contribution is 5.73. The number of aliphatic hydroxyl groups excluding tert-OH is 2. The fraction of sp³-hybridized carbons (Fsp3) is 0.833. The van der Waals surface area contributed by atoms with E-state index in [0.717, 1.165) is 0 Å². The summed E-state index contributed by atoms with van der Waals surface area (Å²) >= 11 is 0. The van der Waals surface area contributed by atoms with Crippen molar-refractivity contribution in [3.8, 4) is 0 Å². The predicted octanol–water partition coefficient (Wildman–Crippen LogP) is -0.994. The highest BCUT2D eigenvalue weighted by Crippen LogP contribution is 1.82. The molecule has 0 spiro atoms. The Kier molecular flexibility index (Phi) is 5.50. The molecule has 0 bridgehead atoms. The predicted molar refractivity (Wildman–Crippen MR) is 39.9 cm³/mol. The Morgan fingerprint density at radius 1 is 1.64 bits per heavy atom. The molecule has 0 aliphatic heterocycles. The second kappa shape index (κ2) is 5.94. The fourth-order valence-corrected chi connectivity index (χ4v) is 0.474. The van der Waals surface area contributed by atoms with E-state index in [2.05, 4.69) is 10.6 Å². The van der Waals surface area contributed by atoms with Crippen molar-refractivity contribution in [2.24, 2.45) is 0 Å². The first kappa shape index (κ1) is 10.2. The topological polar surface area (TPSA) is 81.6 Å². The largest absolute Gasteiger partial charge is 0.395 e. The number of aliphatic hydroxyl groups is 2. The minimum Gasteiger partial charge on any atom is -0.395 e. The van der Waals surface area contributed by atoms with Crippen LogP contribution in [0, 0.1) is 0 Å². The monoisotopic (exact) mass is 162 g/mol. The lowest BCUT2D eigenvalue weighted by Crippen LogP contribution is -2.42. The molecule has 0 fully saturated rings. The number of carbonyl (C=O) groups excluding carboxylic acids is 1. The first-order valence-electron chi connectivity index (χ1n) is 3.54. The second-order valence-electron chi connectivity index (χ2n) is 2.05. The van der Waals surface area contributed by atoms with Gasteiger partial charge in [-0.1, -0.05) is 6.92 Å². The van der Waals surface area contributed by atoms with Crippen molar-refractivity contribution in [2.45, 2.75) is 19.6 Å². The average molecular weight is 162 g/mol. The van der Waals surface area contributed by atoms with Crippen molar-refractivity contribution < 1.29 is 15.0 Å². The van der Waals surface area contributed by atoms with Crippen LogP contribution in [0.3, 0.4) is 0 Å². The Morgan fingerprint density at radius 2 is 2.27 bits per heavy atom. The first-order chi connectivity index (χ1) is 5.20. The van der Waals surface area contributed by atoms with Gasteiger partial charge in [-0.15, -0.1) is 0 Å². The Balaban J connectivity index is 3.36. The summed E-state index contributed by atoms with van der Waals surface area (Å²) in [7, 11) is 0. The normalized spacial score (nSPS) is 12.3. The third-order valence-electron chi connectivity index (χ3n) is 1.08. The molecule has 0 saturated heterocycles. The molecule has 0 aliphatic carbocycles. The van der Waals surface area contributed by atoms with Crippen LogP contribution < -0.4 is 10.6 Å². The zero-order valence-electron chi connectivity index (χ0n) is 6.50. The first-order valence-corrected chi connectivity index (χ1v) is 3.54. The number of carbonyl (C=O) groups is 1. The molecule has 1 atom stereocenters. The lowest BCUT2D eigenvalue weighted by Gasteiger charge is -2.10. The van der Waals surface area contributed by atoms with Gasteiger partial charge < -0.3 is 20.8 Å². The van der Waals surface area contributed by atoms with E-state index in [1.165, 1.54) is 0 Å².